The van der Waals surface area contributed by atoms with E-state index in [1.54, 1.807) is 0 Å². The molecule has 3 aliphatic rings. The Hall–Kier alpha value is -3.83. The summed E-state index contributed by atoms with van der Waals surface area (Å²) in [6.07, 6.45) is 1.42. The van der Waals surface area contributed by atoms with Gasteiger partial charge in [-0.2, -0.15) is 0 Å². The lowest BCUT2D eigenvalue weighted by Gasteiger charge is -2.33. The second kappa shape index (κ2) is 15.1. The Balaban J connectivity index is 1.74. The Morgan fingerprint density at radius 2 is 1.19 bits per heavy atom. The summed E-state index contributed by atoms with van der Waals surface area (Å²) >= 11 is 0. The number of carbonyl (C=O) groups is 7. The molecule has 0 bridgehead atoms. The predicted molar refractivity (Wildman–Crippen MR) is 145 cm³/mol. The minimum atomic E-state index is -1.58. The molecule has 0 saturated carbocycles. The van der Waals surface area contributed by atoms with Gasteiger partial charge in [0.05, 0.1) is 13.2 Å². The molecule has 43 heavy (non-hydrogen) atoms. The first-order valence-electron chi connectivity index (χ1n) is 14.3. The summed E-state index contributed by atoms with van der Waals surface area (Å²) in [6.45, 7) is -0.855. The van der Waals surface area contributed by atoms with Gasteiger partial charge in [-0.15, -0.1) is 0 Å². The van der Waals surface area contributed by atoms with Crippen molar-refractivity contribution in [1.29, 1.82) is 0 Å². The molecule has 8 N–H and O–H groups in total. The van der Waals surface area contributed by atoms with Crippen molar-refractivity contribution in [3.63, 3.8) is 0 Å². The van der Waals surface area contributed by atoms with Crippen molar-refractivity contribution in [2.75, 3.05) is 32.8 Å². The third-order valence-corrected chi connectivity index (χ3v) is 8.07. The molecule has 3 aliphatic heterocycles. The molecule has 3 fully saturated rings. The maximum Gasteiger partial charge on any atom is 0.328 e. The molecule has 6 atom stereocenters. The van der Waals surface area contributed by atoms with Gasteiger partial charge in [-0.05, 0) is 44.9 Å². The van der Waals surface area contributed by atoms with Crippen LogP contribution in [0, 0.1) is 0 Å². The number of amides is 5. The zero-order valence-corrected chi connectivity index (χ0v) is 23.7. The lowest BCUT2D eigenvalue weighted by atomic mass is 10.1. The Morgan fingerprint density at radius 3 is 1.70 bits per heavy atom. The van der Waals surface area contributed by atoms with E-state index in [4.69, 9.17) is 10.8 Å². The molecule has 0 aromatic heterocycles. The third-order valence-electron chi connectivity index (χ3n) is 8.07. The molecule has 5 amide bonds. The summed E-state index contributed by atoms with van der Waals surface area (Å²) in [4.78, 5) is 92.3. The van der Waals surface area contributed by atoms with Gasteiger partial charge < -0.3 is 51.5 Å². The highest BCUT2D eigenvalue weighted by molar-refractivity contribution is 5.97. The van der Waals surface area contributed by atoms with Crippen LogP contribution in [0.1, 0.15) is 51.4 Å². The van der Waals surface area contributed by atoms with Gasteiger partial charge in [-0.1, -0.05) is 0 Å². The average Bonchev–Trinajstić information content (AvgIpc) is 3.76. The first-order valence-corrected chi connectivity index (χ1v) is 14.3. The Kier molecular flexibility index (Phi) is 11.8. The molecule has 17 nitrogen and oxygen atoms in total. The molecule has 3 heterocycles. The van der Waals surface area contributed by atoms with Crippen LogP contribution in [0.15, 0.2) is 0 Å². The molecule has 3 saturated heterocycles. The number of carboxylic acid groups (broad SMARTS) is 2. The molecular formula is C26H40N6O11. The Labute approximate surface area is 247 Å². The van der Waals surface area contributed by atoms with Gasteiger partial charge in [0.2, 0.25) is 29.5 Å². The van der Waals surface area contributed by atoms with Crippen molar-refractivity contribution in [3.05, 3.63) is 0 Å². The maximum absolute atomic E-state index is 13.6. The first kappa shape index (κ1) is 33.7. The number of hydrogen-bond donors (Lipinski definition) is 7. The van der Waals surface area contributed by atoms with Crippen LogP contribution in [0.3, 0.4) is 0 Å². The summed E-state index contributed by atoms with van der Waals surface area (Å²) in [5.74, 6) is -5.95. The summed E-state index contributed by atoms with van der Waals surface area (Å²) in [7, 11) is 0. The van der Waals surface area contributed by atoms with Crippen molar-refractivity contribution in [1.82, 2.24) is 25.3 Å². The highest BCUT2D eigenvalue weighted by Gasteiger charge is 2.44. The van der Waals surface area contributed by atoms with Gasteiger partial charge in [0.1, 0.15) is 36.3 Å². The molecule has 0 radical (unpaired) electrons. The maximum atomic E-state index is 13.6. The highest BCUT2D eigenvalue weighted by Crippen LogP contribution is 2.26. The van der Waals surface area contributed by atoms with Crippen LogP contribution in [0.5, 0.6) is 0 Å². The topological polar surface area (TPSA) is 260 Å². The molecule has 0 aromatic rings. The highest BCUT2D eigenvalue weighted by atomic mass is 16.4. The quantitative estimate of drug-likeness (QED) is 0.106. The fraction of sp³-hybridized carbons (Fsp3) is 0.731. The van der Waals surface area contributed by atoms with Crippen molar-refractivity contribution in [2.24, 2.45) is 5.73 Å². The molecule has 3 rings (SSSR count). The lowest BCUT2D eigenvalue weighted by Crippen LogP contribution is -2.58. The number of nitrogens with zero attached hydrogens (tertiary/aromatic N) is 3. The number of aliphatic hydroxyl groups is 2. The smallest absolute Gasteiger partial charge is 0.328 e. The zero-order valence-electron chi connectivity index (χ0n) is 23.7. The van der Waals surface area contributed by atoms with Gasteiger partial charge in [0.15, 0.2) is 0 Å². The number of hydrogen-bond acceptors (Lipinski definition) is 10. The Bertz CT molecular complexity index is 1100. The largest absolute Gasteiger partial charge is 0.481 e. The number of nitrogens with two attached hydrogens (primary N) is 1. The lowest BCUT2D eigenvalue weighted by molar-refractivity contribution is -0.148. The minimum Gasteiger partial charge on any atom is -0.481 e. The minimum absolute atomic E-state index is 0.1000. The fourth-order valence-electron chi connectivity index (χ4n) is 5.82. The second-order valence-electron chi connectivity index (χ2n) is 10.9. The van der Waals surface area contributed by atoms with E-state index in [9.17, 15) is 48.9 Å². The van der Waals surface area contributed by atoms with E-state index >= 15 is 0 Å². The van der Waals surface area contributed by atoms with Crippen molar-refractivity contribution in [3.8, 4) is 0 Å². The summed E-state index contributed by atoms with van der Waals surface area (Å²) in [5.41, 5.74) is 5.67. The summed E-state index contributed by atoms with van der Waals surface area (Å²) in [6, 6.07) is -7.05. The van der Waals surface area contributed by atoms with Gasteiger partial charge in [-0.25, -0.2) is 4.79 Å². The molecular weight excluding hydrogens is 572 g/mol. The van der Waals surface area contributed by atoms with Crippen LogP contribution in [0.4, 0.5) is 0 Å². The normalized spacial score (nSPS) is 23.9. The first-order chi connectivity index (χ1) is 20.4. The van der Waals surface area contributed by atoms with Crippen molar-refractivity contribution in [2.45, 2.75) is 87.6 Å². The van der Waals surface area contributed by atoms with Crippen LogP contribution in [0.25, 0.3) is 0 Å². The third kappa shape index (κ3) is 7.97. The van der Waals surface area contributed by atoms with Gasteiger partial charge in [0, 0.05) is 26.1 Å². The number of nitrogens with one attached hydrogen (secondary N) is 2. The second-order valence-corrected chi connectivity index (χ2v) is 10.9. The monoisotopic (exact) mass is 612 g/mol. The number of aliphatic hydroxyl groups excluding tert-OH is 2. The average molecular weight is 613 g/mol. The molecule has 17 heteroatoms. The SMILES string of the molecule is N[C@@H](CO)C(=O)N1CCC[C@H]1C(=O)N1CCC[C@H]1C(=O)N[C@@H](CCC(=O)O)C(=O)N1CCC[C@H]1C(=O)N[C@@H](CO)C(=O)O. The predicted octanol–water partition coefficient (Wildman–Crippen LogP) is -3.81. The van der Waals surface area contributed by atoms with Gasteiger partial charge >= 0.3 is 11.9 Å². The van der Waals surface area contributed by atoms with Crippen LogP contribution in [-0.4, -0.2) is 146 Å². The number of carboxylic acids is 2. The Morgan fingerprint density at radius 1 is 0.698 bits per heavy atom. The number of rotatable bonds is 13. The van der Waals surface area contributed by atoms with E-state index in [-0.39, 0.29) is 38.9 Å². The van der Waals surface area contributed by atoms with Crippen LogP contribution in [0.2, 0.25) is 0 Å². The molecule has 0 aliphatic carbocycles. The number of likely N-dealkylation sites (tertiary alicyclic amines) is 3. The molecule has 0 aromatic carbocycles. The van der Waals surface area contributed by atoms with E-state index in [1.165, 1.54) is 9.80 Å². The van der Waals surface area contributed by atoms with Crippen LogP contribution >= 0.6 is 0 Å². The molecule has 0 unspecified atom stereocenters. The number of aliphatic carboxylic acids is 2. The standard InChI is InChI=1S/C26H40N6O11/c27-14(12-33)23(39)32-11-3-6-19(32)25(41)31-10-2-5-18(31)21(37)28-15(7-8-20(35)36)24(40)30-9-1-4-17(30)22(38)29-16(13-34)26(42)43/h14-19,33-34H,1-13,27H2,(H,28,37)(H,29,38)(H,35,36)(H,42,43)/t14-,15-,16-,17-,18-,19-/m0/s1. The van der Waals surface area contributed by atoms with E-state index < -0.39 is 97.4 Å². The van der Waals surface area contributed by atoms with Crippen molar-refractivity contribution >= 4 is 41.5 Å². The van der Waals surface area contributed by atoms with E-state index in [0.29, 0.717) is 25.7 Å². The van der Waals surface area contributed by atoms with E-state index in [2.05, 4.69) is 10.6 Å². The number of carbonyl (C=O) groups excluding carboxylic acids is 5. The summed E-state index contributed by atoms with van der Waals surface area (Å²) in [5, 5.41) is 41.6. The van der Waals surface area contributed by atoms with Crippen LogP contribution < -0.4 is 16.4 Å². The van der Waals surface area contributed by atoms with E-state index in [0.717, 1.165) is 4.90 Å². The fourth-order valence-corrected chi connectivity index (χ4v) is 5.82. The van der Waals surface area contributed by atoms with Gasteiger partial charge in [0.25, 0.3) is 0 Å². The summed E-state index contributed by atoms with van der Waals surface area (Å²) < 4.78 is 0. The molecule has 0 spiro atoms. The molecule has 240 valence electrons. The van der Waals surface area contributed by atoms with Crippen molar-refractivity contribution < 1.29 is 54.0 Å². The van der Waals surface area contributed by atoms with E-state index in [1.807, 2.05) is 0 Å². The van der Waals surface area contributed by atoms with Crippen LogP contribution in [-0.2, 0) is 33.6 Å². The van der Waals surface area contributed by atoms with Gasteiger partial charge in [-0.3, -0.25) is 28.8 Å². The zero-order chi connectivity index (χ0) is 31.8.